The number of hydrogen-bond donors (Lipinski definition) is 0. The van der Waals surface area contributed by atoms with Crippen LogP contribution in [0.4, 0.5) is 0 Å². The summed E-state index contributed by atoms with van der Waals surface area (Å²) in [5.74, 6) is 0.536. The fraction of sp³-hybridized carbons (Fsp3) is 0.350. The van der Waals surface area contributed by atoms with Crippen LogP contribution >= 0.6 is 11.7 Å². The highest BCUT2D eigenvalue weighted by Crippen LogP contribution is 2.25. The molecule has 4 rings (SSSR count). The molecule has 0 spiro atoms. The van der Waals surface area contributed by atoms with Gasteiger partial charge in [-0.1, -0.05) is 19.1 Å². The van der Waals surface area contributed by atoms with Gasteiger partial charge in [-0.25, -0.2) is 8.42 Å². The lowest BCUT2D eigenvalue weighted by Gasteiger charge is -2.34. The van der Waals surface area contributed by atoms with Gasteiger partial charge >= 0.3 is 0 Å². The predicted octanol–water partition coefficient (Wildman–Crippen LogP) is 2.63. The second-order valence-electron chi connectivity index (χ2n) is 6.96. The third kappa shape index (κ3) is 4.03. The number of aromatic nitrogens is 2. The van der Waals surface area contributed by atoms with Gasteiger partial charge in [-0.15, -0.1) is 0 Å². The SMILES string of the molecule is CCCOc1cccc(C(=O)N2CCN(S(=O)(=O)c3cccc4nsnc34)CC2)c1. The molecule has 1 aromatic heterocycles. The van der Waals surface area contributed by atoms with Crippen LogP contribution in [0.3, 0.4) is 0 Å². The minimum atomic E-state index is -3.71. The number of rotatable bonds is 6. The van der Waals surface area contributed by atoms with Crippen molar-refractivity contribution >= 4 is 38.7 Å². The van der Waals surface area contributed by atoms with Crippen molar-refractivity contribution in [3.63, 3.8) is 0 Å². The number of piperazine rings is 1. The highest BCUT2D eigenvalue weighted by molar-refractivity contribution is 7.89. The Bertz CT molecular complexity index is 1150. The monoisotopic (exact) mass is 446 g/mol. The zero-order valence-electron chi connectivity index (χ0n) is 16.5. The predicted molar refractivity (Wildman–Crippen MR) is 114 cm³/mol. The number of carbonyl (C=O) groups excluding carboxylic acids is 1. The molecule has 158 valence electrons. The average molecular weight is 447 g/mol. The van der Waals surface area contributed by atoms with Crippen LogP contribution in [0.2, 0.25) is 0 Å². The summed E-state index contributed by atoms with van der Waals surface area (Å²) in [4.78, 5) is 14.7. The minimum absolute atomic E-state index is 0.125. The van der Waals surface area contributed by atoms with E-state index in [4.69, 9.17) is 4.74 Å². The van der Waals surface area contributed by atoms with Gasteiger partial charge in [0.15, 0.2) is 0 Å². The molecule has 2 heterocycles. The zero-order chi connectivity index (χ0) is 21.1. The van der Waals surface area contributed by atoms with Crippen molar-refractivity contribution in [3.05, 3.63) is 48.0 Å². The van der Waals surface area contributed by atoms with E-state index in [-0.39, 0.29) is 23.9 Å². The van der Waals surface area contributed by atoms with Gasteiger partial charge in [0.05, 0.1) is 18.3 Å². The number of carbonyl (C=O) groups is 1. The van der Waals surface area contributed by atoms with Crippen molar-refractivity contribution in [2.75, 3.05) is 32.8 Å². The van der Waals surface area contributed by atoms with E-state index < -0.39 is 10.0 Å². The Labute approximate surface area is 179 Å². The molecule has 0 N–H and O–H groups in total. The third-order valence-electron chi connectivity index (χ3n) is 4.95. The first-order valence-electron chi connectivity index (χ1n) is 9.74. The molecule has 1 saturated heterocycles. The van der Waals surface area contributed by atoms with E-state index in [0.717, 1.165) is 18.1 Å². The highest BCUT2D eigenvalue weighted by atomic mass is 32.2. The van der Waals surface area contributed by atoms with Crippen molar-refractivity contribution in [2.45, 2.75) is 18.2 Å². The van der Waals surface area contributed by atoms with Crippen LogP contribution in [-0.2, 0) is 10.0 Å². The standard InChI is InChI=1S/C20H22N4O4S2/c1-2-13-28-16-6-3-5-15(14-16)20(25)23-9-11-24(12-10-23)30(26,27)18-8-4-7-17-19(18)22-29-21-17/h3-8,14H,2,9-13H2,1H3. The minimum Gasteiger partial charge on any atom is -0.494 e. The normalized spacial score (nSPS) is 15.4. The van der Waals surface area contributed by atoms with Gasteiger partial charge in [0.2, 0.25) is 10.0 Å². The van der Waals surface area contributed by atoms with E-state index in [1.807, 2.05) is 13.0 Å². The molecule has 0 aliphatic carbocycles. The molecule has 8 nitrogen and oxygen atoms in total. The number of nitrogens with zero attached hydrogens (tertiary/aromatic N) is 4. The Balaban J connectivity index is 1.46. The second-order valence-corrected chi connectivity index (χ2v) is 9.40. The molecule has 1 aliphatic heterocycles. The van der Waals surface area contributed by atoms with Gasteiger partial charge in [-0.05, 0) is 36.8 Å². The Hall–Kier alpha value is -2.56. The Morgan fingerprint density at radius 2 is 1.87 bits per heavy atom. The smallest absolute Gasteiger partial charge is 0.254 e. The summed E-state index contributed by atoms with van der Waals surface area (Å²) >= 11 is 0.992. The third-order valence-corrected chi connectivity index (χ3v) is 7.42. The van der Waals surface area contributed by atoms with Gasteiger partial charge in [-0.3, -0.25) is 4.79 Å². The van der Waals surface area contributed by atoms with Crippen molar-refractivity contribution < 1.29 is 17.9 Å². The van der Waals surface area contributed by atoms with Gasteiger partial charge < -0.3 is 9.64 Å². The van der Waals surface area contributed by atoms with Crippen molar-refractivity contribution in [1.82, 2.24) is 18.0 Å². The Morgan fingerprint density at radius 3 is 2.63 bits per heavy atom. The van der Waals surface area contributed by atoms with Crippen molar-refractivity contribution in [2.24, 2.45) is 0 Å². The first-order valence-corrected chi connectivity index (χ1v) is 11.9. The second kappa shape index (κ2) is 8.66. The van der Waals surface area contributed by atoms with E-state index >= 15 is 0 Å². The maximum Gasteiger partial charge on any atom is 0.254 e. The Morgan fingerprint density at radius 1 is 1.10 bits per heavy atom. The lowest BCUT2D eigenvalue weighted by Crippen LogP contribution is -2.50. The number of benzene rings is 2. The summed E-state index contributed by atoms with van der Waals surface area (Å²) in [5, 5.41) is 0. The molecule has 1 amide bonds. The van der Waals surface area contributed by atoms with E-state index in [2.05, 4.69) is 8.75 Å². The highest BCUT2D eigenvalue weighted by Gasteiger charge is 2.32. The molecule has 0 atom stereocenters. The van der Waals surface area contributed by atoms with Gasteiger partial charge in [0.25, 0.3) is 5.91 Å². The summed E-state index contributed by atoms with van der Waals surface area (Å²) in [7, 11) is -3.71. The summed E-state index contributed by atoms with van der Waals surface area (Å²) < 4.78 is 41.5. The summed E-state index contributed by atoms with van der Waals surface area (Å²) in [6.07, 6.45) is 0.888. The molecule has 1 aliphatic rings. The number of amides is 1. The topological polar surface area (TPSA) is 92.7 Å². The maximum absolute atomic E-state index is 13.1. The van der Waals surface area contributed by atoms with E-state index in [1.54, 1.807) is 41.3 Å². The quantitative estimate of drug-likeness (QED) is 0.578. The molecule has 10 heteroatoms. The van der Waals surface area contributed by atoms with Gasteiger partial charge in [-0.2, -0.15) is 13.1 Å². The first kappa shape index (κ1) is 20.7. The fourth-order valence-corrected chi connectivity index (χ4v) is 5.56. The maximum atomic E-state index is 13.1. The van der Waals surface area contributed by atoms with Crippen molar-refractivity contribution in [3.8, 4) is 5.75 Å². The lowest BCUT2D eigenvalue weighted by molar-refractivity contribution is 0.0697. The van der Waals surface area contributed by atoms with Crippen LogP contribution < -0.4 is 4.74 Å². The lowest BCUT2D eigenvalue weighted by atomic mass is 10.1. The molecule has 2 aromatic carbocycles. The molecule has 3 aromatic rings. The average Bonchev–Trinajstić information content (AvgIpc) is 3.26. The fourth-order valence-electron chi connectivity index (χ4n) is 3.38. The van der Waals surface area contributed by atoms with Crippen LogP contribution in [0.1, 0.15) is 23.7 Å². The molecule has 30 heavy (non-hydrogen) atoms. The summed E-state index contributed by atoms with van der Waals surface area (Å²) in [5.41, 5.74) is 1.50. The van der Waals surface area contributed by atoms with Gasteiger partial charge in [0, 0.05) is 31.7 Å². The summed E-state index contributed by atoms with van der Waals surface area (Å²) in [6.45, 7) is 3.72. The number of hydrogen-bond acceptors (Lipinski definition) is 7. The molecule has 0 saturated carbocycles. The van der Waals surface area contributed by atoms with Crippen LogP contribution in [-0.4, -0.2) is 65.1 Å². The number of fused-ring (bicyclic) bond motifs is 1. The molecule has 1 fully saturated rings. The summed E-state index contributed by atoms with van der Waals surface area (Å²) in [6, 6.07) is 12.1. The van der Waals surface area contributed by atoms with Crippen LogP contribution in [0.15, 0.2) is 47.4 Å². The number of ether oxygens (including phenoxy) is 1. The van der Waals surface area contributed by atoms with E-state index in [9.17, 15) is 13.2 Å². The molecular weight excluding hydrogens is 424 g/mol. The first-order chi connectivity index (χ1) is 14.5. The Kier molecular flexibility index (Phi) is 5.98. The molecule has 0 unspecified atom stereocenters. The zero-order valence-corrected chi connectivity index (χ0v) is 18.2. The van der Waals surface area contributed by atoms with E-state index in [0.29, 0.717) is 42.0 Å². The van der Waals surface area contributed by atoms with Crippen molar-refractivity contribution in [1.29, 1.82) is 0 Å². The number of sulfonamides is 1. The van der Waals surface area contributed by atoms with Crippen LogP contribution in [0.25, 0.3) is 11.0 Å². The molecular formula is C20H22N4O4S2. The van der Waals surface area contributed by atoms with E-state index in [1.165, 1.54) is 4.31 Å². The molecule has 0 radical (unpaired) electrons. The largest absolute Gasteiger partial charge is 0.494 e. The van der Waals surface area contributed by atoms with Crippen LogP contribution in [0, 0.1) is 0 Å². The van der Waals surface area contributed by atoms with Gasteiger partial charge in [0.1, 0.15) is 21.7 Å². The molecule has 0 bridgehead atoms. The van der Waals surface area contributed by atoms with Crippen LogP contribution in [0.5, 0.6) is 5.75 Å².